The standard InChI is InChI=1S/C21H16FNO4S/c22-19-9-5-4-8-18(19)21-23(20(24)14-28(21,25)26)15-10-12-17(13-11-15)27-16-6-2-1-3-7-16/h1-13,21H,14H2. The molecule has 1 heterocycles. The number of benzene rings is 3. The van der Waals surface area contributed by atoms with Crippen LogP contribution in [0.1, 0.15) is 10.9 Å². The van der Waals surface area contributed by atoms with Gasteiger partial charge in [-0.15, -0.1) is 0 Å². The van der Waals surface area contributed by atoms with E-state index in [4.69, 9.17) is 4.74 Å². The first-order valence-corrected chi connectivity index (χ1v) is 10.3. The number of amides is 1. The molecule has 5 nitrogen and oxygen atoms in total. The lowest BCUT2D eigenvalue weighted by molar-refractivity contribution is -0.115. The number of carbonyl (C=O) groups excluding carboxylic acids is 1. The summed E-state index contributed by atoms with van der Waals surface area (Å²) in [6.45, 7) is 0. The van der Waals surface area contributed by atoms with Gasteiger partial charge in [-0.25, -0.2) is 12.8 Å². The van der Waals surface area contributed by atoms with Gasteiger partial charge in [-0.2, -0.15) is 0 Å². The Morgan fingerprint density at radius 2 is 1.46 bits per heavy atom. The van der Waals surface area contributed by atoms with Gasteiger partial charge < -0.3 is 4.74 Å². The second-order valence-corrected chi connectivity index (χ2v) is 8.41. The van der Waals surface area contributed by atoms with Crippen molar-refractivity contribution in [3.63, 3.8) is 0 Å². The summed E-state index contributed by atoms with van der Waals surface area (Å²) in [5, 5.41) is -1.39. The topological polar surface area (TPSA) is 63.7 Å². The van der Waals surface area contributed by atoms with E-state index in [1.807, 2.05) is 18.2 Å². The fourth-order valence-corrected chi connectivity index (χ4v) is 4.98. The first-order valence-electron chi connectivity index (χ1n) is 8.57. The Hall–Kier alpha value is -3.19. The molecule has 0 aromatic heterocycles. The highest BCUT2D eigenvalue weighted by Crippen LogP contribution is 2.39. The molecule has 0 N–H and O–H groups in total. The Balaban J connectivity index is 1.68. The van der Waals surface area contributed by atoms with Gasteiger partial charge in [-0.3, -0.25) is 9.69 Å². The minimum absolute atomic E-state index is 0.0436. The minimum Gasteiger partial charge on any atom is -0.457 e. The Morgan fingerprint density at radius 1 is 0.857 bits per heavy atom. The number of ether oxygens (including phenoxy) is 1. The largest absolute Gasteiger partial charge is 0.457 e. The molecule has 1 fully saturated rings. The highest BCUT2D eigenvalue weighted by Gasteiger charge is 2.46. The second-order valence-electron chi connectivity index (χ2n) is 6.35. The van der Waals surface area contributed by atoms with Gasteiger partial charge in [0.1, 0.15) is 23.1 Å². The molecule has 3 aromatic rings. The van der Waals surface area contributed by atoms with E-state index in [0.29, 0.717) is 17.2 Å². The monoisotopic (exact) mass is 397 g/mol. The van der Waals surface area contributed by atoms with Crippen LogP contribution in [0, 0.1) is 5.82 Å². The summed E-state index contributed by atoms with van der Waals surface area (Å²) in [5.74, 6) is -0.732. The van der Waals surface area contributed by atoms with Crippen molar-refractivity contribution in [1.29, 1.82) is 0 Å². The molecule has 0 bridgehead atoms. The predicted octanol–water partition coefficient (Wildman–Crippen LogP) is 4.08. The molecular weight excluding hydrogens is 381 g/mol. The summed E-state index contributed by atoms with van der Waals surface area (Å²) < 4.78 is 45.1. The van der Waals surface area contributed by atoms with Crippen molar-refractivity contribution < 1.29 is 22.3 Å². The molecule has 3 aromatic carbocycles. The number of halogens is 1. The van der Waals surface area contributed by atoms with Gasteiger partial charge in [0.15, 0.2) is 15.2 Å². The third kappa shape index (κ3) is 3.36. The van der Waals surface area contributed by atoms with Crippen LogP contribution >= 0.6 is 0 Å². The molecule has 0 aliphatic carbocycles. The lowest BCUT2D eigenvalue weighted by atomic mass is 10.1. The lowest BCUT2D eigenvalue weighted by Gasteiger charge is -2.24. The van der Waals surface area contributed by atoms with Crippen molar-refractivity contribution in [2.24, 2.45) is 0 Å². The molecule has 28 heavy (non-hydrogen) atoms. The molecule has 1 unspecified atom stereocenters. The van der Waals surface area contributed by atoms with E-state index in [1.54, 1.807) is 42.5 Å². The number of sulfone groups is 1. The third-order valence-electron chi connectivity index (χ3n) is 4.43. The molecule has 142 valence electrons. The highest BCUT2D eigenvalue weighted by molar-refractivity contribution is 7.93. The van der Waals surface area contributed by atoms with E-state index in [0.717, 1.165) is 4.90 Å². The molecule has 0 spiro atoms. The van der Waals surface area contributed by atoms with Gasteiger partial charge in [0.25, 0.3) is 0 Å². The highest BCUT2D eigenvalue weighted by atomic mass is 32.2. The number of hydrogen-bond donors (Lipinski definition) is 0. The Labute approximate surface area is 161 Å². The summed E-state index contributed by atoms with van der Waals surface area (Å²) >= 11 is 0. The van der Waals surface area contributed by atoms with Crippen LogP contribution in [-0.4, -0.2) is 20.1 Å². The SMILES string of the molecule is O=C1CS(=O)(=O)C(c2ccccc2F)N1c1ccc(Oc2ccccc2)cc1. The van der Waals surface area contributed by atoms with Gasteiger partial charge in [-0.05, 0) is 42.5 Å². The Bertz CT molecular complexity index is 1110. The van der Waals surface area contributed by atoms with E-state index in [9.17, 15) is 17.6 Å². The van der Waals surface area contributed by atoms with Gasteiger partial charge >= 0.3 is 0 Å². The molecule has 1 saturated heterocycles. The fraction of sp³-hybridized carbons (Fsp3) is 0.0952. The van der Waals surface area contributed by atoms with E-state index in [1.165, 1.54) is 18.2 Å². The Kier molecular flexibility index (Phi) is 4.60. The average Bonchev–Trinajstić information content (AvgIpc) is 2.92. The zero-order valence-electron chi connectivity index (χ0n) is 14.7. The first-order chi connectivity index (χ1) is 13.5. The van der Waals surface area contributed by atoms with Crippen LogP contribution in [-0.2, 0) is 14.6 Å². The van der Waals surface area contributed by atoms with Gasteiger partial charge in [0.2, 0.25) is 5.91 Å². The van der Waals surface area contributed by atoms with Crippen molar-refractivity contribution in [2.45, 2.75) is 5.37 Å². The summed E-state index contributed by atoms with van der Waals surface area (Å²) in [5.41, 5.74) is 0.317. The van der Waals surface area contributed by atoms with Crippen molar-refractivity contribution >= 4 is 21.4 Å². The van der Waals surface area contributed by atoms with Crippen LogP contribution in [0.3, 0.4) is 0 Å². The smallest absolute Gasteiger partial charge is 0.243 e. The zero-order valence-corrected chi connectivity index (χ0v) is 15.5. The van der Waals surface area contributed by atoms with E-state index < -0.39 is 32.7 Å². The lowest BCUT2D eigenvalue weighted by Crippen LogP contribution is -2.29. The van der Waals surface area contributed by atoms with Gasteiger partial charge in [0.05, 0.1) is 0 Å². The number of rotatable bonds is 4. The molecular formula is C21H16FNO4S. The first kappa shape index (κ1) is 18.2. The third-order valence-corrected chi connectivity index (χ3v) is 6.23. The Morgan fingerprint density at radius 3 is 2.14 bits per heavy atom. The van der Waals surface area contributed by atoms with Gasteiger partial charge in [0, 0.05) is 11.3 Å². The van der Waals surface area contributed by atoms with E-state index in [-0.39, 0.29) is 5.56 Å². The number of anilines is 1. The van der Waals surface area contributed by atoms with Crippen LogP contribution in [0.4, 0.5) is 10.1 Å². The normalized spacial score (nSPS) is 18.2. The minimum atomic E-state index is -3.86. The number of nitrogens with zero attached hydrogens (tertiary/aromatic N) is 1. The van der Waals surface area contributed by atoms with Crippen molar-refractivity contribution in [2.75, 3.05) is 10.7 Å². The van der Waals surface area contributed by atoms with Crippen LogP contribution in [0.25, 0.3) is 0 Å². The summed E-state index contributed by atoms with van der Waals surface area (Å²) in [6.07, 6.45) is 0. The van der Waals surface area contributed by atoms with Crippen LogP contribution < -0.4 is 9.64 Å². The maximum atomic E-state index is 14.3. The summed E-state index contributed by atoms with van der Waals surface area (Å²) in [6, 6.07) is 21.2. The van der Waals surface area contributed by atoms with Crippen molar-refractivity contribution in [1.82, 2.24) is 0 Å². The molecule has 1 aliphatic rings. The molecule has 1 aliphatic heterocycles. The maximum absolute atomic E-state index is 14.3. The zero-order chi connectivity index (χ0) is 19.7. The fourth-order valence-electron chi connectivity index (χ4n) is 3.20. The predicted molar refractivity (Wildman–Crippen MR) is 103 cm³/mol. The number of para-hydroxylation sites is 1. The van der Waals surface area contributed by atoms with Gasteiger partial charge in [-0.1, -0.05) is 36.4 Å². The molecule has 1 amide bonds. The number of hydrogen-bond acceptors (Lipinski definition) is 4. The van der Waals surface area contributed by atoms with Crippen LogP contribution in [0.2, 0.25) is 0 Å². The molecule has 4 rings (SSSR count). The average molecular weight is 397 g/mol. The van der Waals surface area contributed by atoms with E-state index >= 15 is 0 Å². The summed E-state index contributed by atoms with van der Waals surface area (Å²) in [7, 11) is -3.86. The second kappa shape index (κ2) is 7.09. The maximum Gasteiger partial charge on any atom is 0.243 e. The van der Waals surface area contributed by atoms with Crippen molar-refractivity contribution in [3.8, 4) is 11.5 Å². The summed E-state index contributed by atoms with van der Waals surface area (Å²) in [4.78, 5) is 13.6. The van der Waals surface area contributed by atoms with Crippen LogP contribution in [0.5, 0.6) is 11.5 Å². The molecule has 7 heteroatoms. The molecule has 1 atom stereocenters. The molecule has 0 radical (unpaired) electrons. The quantitative estimate of drug-likeness (QED) is 0.666. The number of carbonyl (C=O) groups is 1. The van der Waals surface area contributed by atoms with Crippen LogP contribution in [0.15, 0.2) is 78.9 Å². The van der Waals surface area contributed by atoms with Crippen molar-refractivity contribution in [3.05, 3.63) is 90.2 Å². The van der Waals surface area contributed by atoms with E-state index in [2.05, 4.69) is 0 Å². The molecule has 0 saturated carbocycles.